The monoisotopic (exact) mass is 211 g/mol. The average molecular weight is 211 g/mol. The van der Waals surface area contributed by atoms with Crippen molar-refractivity contribution >= 4 is 0 Å². The van der Waals surface area contributed by atoms with Gasteiger partial charge in [-0.3, -0.25) is 4.68 Å². The van der Waals surface area contributed by atoms with Crippen molar-refractivity contribution in [1.82, 2.24) is 9.78 Å². The van der Waals surface area contributed by atoms with Gasteiger partial charge in [-0.15, -0.1) is 0 Å². The van der Waals surface area contributed by atoms with Crippen molar-refractivity contribution in [3.63, 3.8) is 0 Å². The van der Waals surface area contributed by atoms with Gasteiger partial charge in [0.2, 0.25) is 0 Å². The van der Waals surface area contributed by atoms with Crippen LogP contribution in [0.25, 0.3) is 0 Å². The molecule has 1 atom stereocenters. The van der Waals surface area contributed by atoms with Crippen LogP contribution < -0.4 is 5.73 Å². The van der Waals surface area contributed by atoms with E-state index in [1.165, 1.54) is 5.56 Å². The molecule has 15 heavy (non-hydrogen) atoms. The molecular weight excluding hydrogens is 190 g/mol. The molecule has 1 unspecified atom stereocenters. The second-order valence-electron chi connectivity index (χ2n) is 3.90. The van der Waals surface area contributed by atoms with E-state index in [-0.39, 0.29) is 6.04 Å². The van der Waals surface area contributed by atoms with Crippen LogP contribution in [0.5, 0.6) is 0 Å². The van der Waals surface area contributed by atoms with Crippen molar-refractivity contribution in [1.29, 1.82) is 0 Å². The first kappa shape index (κ1) is 12.2. The summed E-state index contributed by atoms with van der Waals surface area (Å²) in [6, 6.07) is 0.136. The third-order valence-electron chi connectivity index (χ3n) is 2.24. The smallest absolute Gasteiger partial charge is 0.0617 e. The van der Waals surface area contributed by atoms with E-state index in [2.05, 4.69) is 12.0 Å². The van der Waals surface area contributed by atoms with Crippen LogP contribution >= 0.6 is 0 Å². The molecule has 0 saturated heterocycles. The maximum absolute atomic E-state index is 5.92. The molecule has 1 aromatic heterocycles. The topological polar surface area (TPSA) is 53.1 Å². The minimum atomic E-state index is 0.136. The summed E-state index contributed by atoms with van der Waals surface area (Å²) >= 11 is 0. The third-order valence-corrected chi connectivity index (χ3v) is 2.24. The average Bonchev–Trinajstić information content (AvgIpc) is 2.62. The highest BCUT2D eigenvalue weighted by Crippen LogP contribution is 2.03. The molecule has 0 spiro atoms. The number of hydrogen-bond donors (Lipinski definition) is 1. The van der Waals surface area contributed by atoms with Gasteiger partial charge in [-0.1, -0.05) is 6.92 Å². The second-order valence-corrected chi connectivity index (χ2v) is 3.90. The van der Waals surface area contributed by atoms with Gasteiger partial charge in [0.15, 0.2) is 0 Å². The van der Waals surface area contributed by atoms with Crippen LogP contribution in [0.2, 0.25) is 0 Å². The van der Waals surface area contributed by atoms with Gasteiger partial charge in [0.1, 0.15) is 0 Å². The fourth-order valence-corrected chi connectivity index (χ4v) is 1.42. The van der Waals surface area contributed by atoms with E-state index in [1.807, 2.05) is 24.1 Å². The summed E-state index contributed by atoms with van der Waals surface area (Å²) in [5.74, 6) is 0. The molecule has 0 radical (unpaired) electrons. The molecule has 0 aromatic carbocycles. The summed E-state index contributed by atoms with van der Waals surface area (Å²) in [6.07, 6.45) is 6.90. The molecule has 86 valence electrons. The molecule has 4 heteroatoms. The largest absolute Gasteiger partial charge is 0.380 e. The van der Waals surface area contributed by atoms with Crippen molar-refractivity contribution in [2.45, 2.75) is 32.2 Å². The lowest BCUT2D eigenvalue weighted by Crippen LogP contribution is -2.26. The molecule has 0 aliphatic heterocycles. The zero-order valence-corrected chi connectivity index (χ0v) is 9.65. The Kier molecular flexibility index (Phi) is 5.36. The van der Waals surface area contributed by atoms with Crippen LogP contribution in [-0.4, -0.2) is 29.0 Å². The first-order valence-electron chi connectivity index (χ1n) is 5.53. The van der Waals surface area contributed by atoms with Crippen LogP contribution in [0.4, 0.5) is 0 Å². The predicted octanol–water partition coefficient (Wildman–Crippen LogP) is 1.11. The summed E-state index contributed by atoms with van der Waals surface area (Å²) in [7, 11) is 1.92. The van der Waals surface area contributed by atoms with Crippen LogP contribution in [0, 0.1) is 0 Å². The molecule has 1 heterocycles. The van der Waals surface area contributed by atoms with E-state index in [1.54, 1.807) is 0 Å². The SMILES string of the molecule is CCCOCC(N)CCc1cnn(C)c1. The minimum Gasteiger partial charge on any atom is -0.380 e. The summed E-state index contributed by atoms with van der Waals surface area (Å²) < 4.78 is 7.21. The van der Waals surface area contributed by atoms with Crippen LogP contribution in [0.1, 0.15) is 25.3 Å². The number of hydrogen-bond acceptors (Lipinski definition) is 3. The van der Waals surface area contributed by atoms with Crippen LogP contribution in [-0.2, 0) is 18.2 Å². The first-order valence-corrected chi connectivity index (χ1v) is 5.53. The van der Waals surface area contributed by atoms with Gasteiger partial charge in [0.25, 0.3) is 0 Å². The molecule has 0 aliphatic rings. The number of nitrogens with two attached hydrogens (primary N) is 1. The van der Waals surface area contributed by atoms with Crippen molar-refractivity contribution < 1.29 is 4.74 Å². The summed E-state index contributed by atoms with van der Waals surface area (Å²) in [6.45, 7) is 3.57. The fourth-order valence-electron chi connectivity index (χ4n) is 1.42. The van der Waals surface area contributed by atoms with E-state index in [4.69, 9.17) is 10.5 Å². The molecule has 0 bridgehead atoms. The van der Waals surface area contributed by atoms with Gasteiger partial charge < -0.3 is 10.5 Å². The van der Waals surface area contributed by atoms with Gasteiger partial charge in [-0.25, -0.2) is 0 Å². The lowest BCUT2D eigenvalue weighted by atomic mass is 10.1. The second kappa shape index (κ2) is 6.58. The van der Waals surface area contributed by atoms with E-state index >= 15 is 0 Å². The van der Waals surface area contributed by atoms with Crippen molar-refractivity contribution in [3.05, 3.63) is 18.0 Å². The van der Waals surface area contributed by atoms with E-state index in [9.17, 15) is 0 Å². The van der Waals surface area contributed by atoms with E-state index < -0.39 is 0 Å². The zero-order valence-electron chi connectivity index (χ0n) is 9.65. The Balaban J connectivity index is 2.13. The number of ether oxygens (including phenoxy) is 1. The Morgan fingerprint density at radius 1 is 1.60 bits per heavy atom. The molecule has 4 nitrogen and oxygen atoms in total. The minimum absolute atomic E-state index is 0.136. The quantitative estimate of drug-likeness (QED) is 0.687. The lowest BCUT2D eigenvalue weighted by molar-refractivity contribution is 0.119. The molecule has 0 saturated carbocycles. The van der Waals surface area contributed by atoms with Crippen molar-refractivity contribution in [3.8, 4) is 0 Å². The Labute approximate surface area is 91.4 Å². The zero-order chi connectivity index (χ0) is 11.1. The van der Waals surface area contributed by atoms with Crippen LogP contribution in [0.15, 0.2) is 12.4 Å². The molecule has 2 N–H and O–H groups in total. The maximum atomic E-state index is 5.92. The van der Waals surface area contributed by atoms with E-state index in [0.29, 0.717) is 6.61 Å². The highest BCUT2D eigenvalue weighted by molar-refractivity contribution is 5.03. The number of nitrogens with zero attached hydrogens (tertiary/aromatic N) is 2. The standard InChI is InChI=1S/C11H21N3O/c1-3-6-15-9-11(12)5-4-10-7-13-14(2)8-10/h7-8,11H,3-6,9,12H2,1-2H3. The highest BCUT2D eigenvalue weighted by Gasteiger charge is 2.04. The number of aryl methyl sites for hydroxylation is 2. The van der Waals surface area contributed by atoms with Crippen molar-refractivity contribution in [2.24, 2.45) is 12.8 Å². The Morgan fingerprint density at radius 2 is 2.40 bits per heavy atom. The number of aromatic nitrogens is 2. The van der Waals surface area contributed by atoms with E-state index in [0.717, 1.165) is 25.9 Å². The van der Waals surface area contributed by atoms with Gasteiger partial charge in [0.05, 0.1) is 12.8 Å². The first-order chi connectivity index (χ1) is 7.22. The van der Waals surface area contributed by atoms with Crippen molar-refractivity contribution in [2.75, 3.05) is 13.2 Å². The Morgan fingerprint density at radius 3 is 3.00 bits per heavy atom. The van der Waals surface area contributed by atoms with Gasteiger partial charge in [0, 0.05) is 25.9 Å². The van der Waals surface area contributed by atoms with Gasteiger partial charge in [-0.05, 0) is 24.8 Å². The third kappa shape index (κ3) is 4.95. The highest BCUT2D eigenvalue weighted by atomic mass is 16.5. The normalized spacial score (nSPS) is 13.0. The fraction of sp³-hybridized carbons (Fsp3) is 0.727. The molecule has 0 aliphatic carbocycles. The molecule has 1 rings (SSSR count). The summed E-state index contributed by atoms with van der Waals surface area (Å²) in [5, 5.41) is 4.11. The Hall–Kier alpha value is -0.870. The van der Waals surface area contributed by atoms with Gasteiger partial charge in [-0.2, -0.15) is 5.10 Å². The molecule has 0 fully saturated rings. The summed E-state index contributed by atoms with van der Waals surface area (Å²) in [5.41, 5.74) is 7.16. The van der Waals surface area contributed by atoms with Gasteiger partial charge >= 0.3 is 0 Å². The molecular formula is C11H21N3O. The Bertz CT molecular complexity index is 273. The maximum Gasteiger partial charge on any atom is 0.0617 e. The molecule has 1 aromatic rings. The number of rotatable bonds is 7. The van der Waals surface area contributed by atoms with Crippen LogP contribution in [0.3, 0.4) is 0 Å². The summed E-state index contributed by atoms with van der Waals surface area (Å²) in [4.78, 5) is 0. The molecule has 0 amide bonds. The predicted molar refractivity (Wildman–Crippen MR) is 60.6 cm³/mol. The lowest BCUT2D eigenvalue weighted by Gasteiger charge is -2.10.